The molecule has 0 bridgehead atoms. The Balaban J connectivity index is 1.92. The van der Waals surface area contributed by atoms with E-state index >= 15 is 0 Å². The maximum atomic E-state index is 6.02. The lowest BCUT2D eigenvalue weighted by Crippen LogP contribution is -2.28. The molecule has 1 unspecified atom stereocenters. The first-order valence-electron chi connectivity index (χ1n) is 7.27. The van der Waals surface area contributed by atoms with E-state index in [0.717, 1.165) is 17.9 Å². The van der Waals surface area contributed by atoms with Gasteiger partial charge < -0.3 is 10.2 Å². The van der Waals surface area contributed by atoms with Crippen LogP contribution in [0.4, 0.5) is 0 Å². The van der Waals surface area contributed by atoms with Gasteiger partial charge in [0.15, 0.2) is 0 Å². The summed E-state index contributed by atoms with van der Waals surface area (Å²) in [6.07, 6.45) is 3.84. The Hall–Kier alpha value is -1.32. The van der Waals surface area contributed by atoms with Gasteiger partial charge in [0.1, 0.15) is 11.3 Å². The highest BCUT2D eigenvalue weighted by Gasteiger charge is 2.25. The van der Waals surface area contributed by atoms with Crippen molar-refractivity contribution in [2.75, 3.05) is 6.54 Å². The number of benzene rings is 1. The van der Waals surface area contributed by atoms with E-state index < -0.39 is 0 Å². The molecule has 2 aromatic rings. The molecule has 0 amide bonds. The molecule has 3 nitrogen and oxygen atoms in total. The van der Waals surface area contributed by atoms with E-state index in [1.807, 2.05) is 18.2 Å². The lowest BCUT2D eigenvalue weighted by Gasteiger charge is -2.22. The van der Waals surface area contributed by atoms with Crippen LogP contribution in [-0.2, 0) is 13.1 Å². The number of para-hydroxylation sites is 1. The zero-order valence-electron chi connectivity index (χ0n) is 11.6. The predicted octanol–water partition coefficient (Wildman–Crippen LogP) is 3.27. The van der Waals surface area contributed by atoms with Gasteiger partial charge >= 0.3 is 0 Å². The second-order valence-corrected chi connectivity index (χ2v) is 5.38. The minimum absolute atomic E-state index is 0.553. The standard InChI is InChI=1S/C16H22N2O/c1-2-12-6-5-9-18(12)11-16-14(10-17)13-7-3-4-8-15(13)19-16/h3-4,7-8,12H,2,5-6,9-11,17H2,1H3. The van der Waals surface area contributed by atoms with Crippen LogP contribution in [0.2, 0.25) is 0 Å². The van der Waals surface area contributed by atoms with Crippen LogP contribution in [0, 0.1) is 0 Å². The summed E-state index contributed by atoms with van der Waals surface area (Å²) < 4.78 is 6.02. The molecule has 1 aromatic heterocycles. The molecule has 0 radical (unpaired) electrons. The molecule has 1 aliphatic rings. The minimum atomic E-state index is 0.553. The number of fused-ring (bicyclic) bond motifs is 1. The molecule has 3 heteroatoms. The van der Waals surface area contributed by atoms with Crippen LogP contribution in [-0.4, -0.2) is 17.5 Å². The Kier molecular flexibility index (Phi) is 3.58. The predicted molar refractivity (Wildman–Crippen MR) is 77.8 cm³/mol. The van der Waals surface area contributed by atoms with Gasteiger partial charge in [0.25, 0.3) is 0 Å². The normalized spacial score (nSPS) is 20.4. The Bertz CT molecular complexity index is 561. The molecule has 0 spiro atoms. The largest absolute Gasteiger partial charge is 0.459 e. The summed E-state index contributed by atoms with van der Waals surface area (Å²) in [4.78, 5) is 2.54. The number of rotatable bonds is 4. The maximum Gasteiger partial charge on any atom is 0.134 e. The van der Waals surface area contributed by atoms with Gasteiger partial charge in [0.2, 0.25) is 0 Å². The summed E-state index contributed by atoms with van der Waals surface area (Å²) in [6.45, 7) is 4.90. The van der Waals surface area contributed by atoms with Crippen molar-refractivity contribution in [2.24, 2.45) is 5.73 Å². The van der Waals surface area contributed by atoms with E-state index in [1.165, 1.54) is 36.8 Å². The zero-order chi connectivity index (χ0) is 13.2. The highest BCUT2D eigenvalue weighted by molar-refractivity contribution is 5.82. The fourth-order valence-corrected chi connectivity index (χ4v) is 3.25. The Labute approximate surface area is 114 Å². The van der Waals surface area contributed by atoms with Gasteiger partial charge in [-0.05, 0) is 31.9 Å². The second-order valence-electron chi connectivity index (χ2n) is 5.38. The molecule has 1 atom stereocenters. The van der Waals surface area contributed by atoms with Crippen LogP contribution >= 0.6 is 0 Å². The van der Waals surface area contributed by atoms with Gasteiger partial charge in [-0.2, -0.15) is 0 Å². The molecule has 19 heavy (non-hydrogen) atoms. The minimum Gasteiger partial charge on any atom is -0.459 e. The molecule has 2 heterocycles. The van der Waals surface area contributed by atoms with Gasteiger partial charge in [0, 0.05) is 23.5 Å². The van der Waals surface area contributed by atoms with E-state index in [0.29, 0.717) is 12.6 Å². The van der Waals surface area contributed by atoms with Gasteiger partial charge in [-0.25, -0.2) is 0 Å². The molecule has 0 aliphatic carbocycles. The summed E-state index contributed by atoms with van der Waals surface area (Å²) in [5, 5.41) is 1.17. The van der Waals surface area contributed by atoms with Crippen molar-refractivity contribution >= 4 is 11.0 Å². The third-order valence-corrected chi connectivity index (χ3v) is 4.30. The van der Waals surface area contributed by atoms with Crippen LogP contribution in [0.25, 0.3) is 11.0 Å². The average molecular weight is 258 g/mol. The van der Waals surface area contributed by atoms with Crippen LogP contribution < -0.4 is 5.73 Å². The summed E-state index contributed by atoms with van der Waals surface area (Å²) in [5.41, 5.74) is 8.07. The first-order valence-corrected chi connectivity index (χ1v) is 7.27. The molecule has 1 fully saturated rings. The Morgan fingerprint density at radius 3 is 3.00 bits per heavy atom. The van der Waals surface area contributed by atoms with Crippen LogP contribution in [0.15, 0.2) is 28.7 Å². The highest BCUT2D eigenvalue weighted by atomic mass is 16.3. The lowest BCUT2D eigenvalue weighted by molar-refractivity contribution is 0.222. The van der Waals surface area contributed by atoms with Crippen molar-refractivity contribution in [2.45, 2.75) is 45.3 Å². The van der Waals surface area contributed by atoms with Crippen molar-refractivity contribution in [1.29, 1.82) is 0 Å². The number of hydrogen-bond acceptors (Lipinski definition) is 3. The maximum absolute atomic E-state index is 6.02. The van der Waals surface area contributed by atoms with Crippen molar-refractivity contribution in [1.82, 2.24) is 4.90 Å². The molecular weight excluding hydrogens is 236 g/mol. The molecule has 102 valence electrons. The molecular formula is C16H22N2O. The zero-order valence-corrected chi connectivity index (χ0v) is 11.6. The van der Waals surface area contributed by atoms with Gasteiger partial charge in [-0.3, -0.25) is 4.90 Å². The second kappa shape index (κ2) is 5.35. The molecule has 1 aliphatic heterocycles. The van der Waals surface area contributed by atoms with Crippen LogP contribution in [0.3, 0.4) is 0 Å². The third kappa shape index (κ3) is 2.28. The smallest absolute Gasteiger partial charge is 0.134 e. The summed E-state index contributed by atoms with van der Waals surface area (Å²) in [5.74, 6) is 1.06. The third-order valence-electron chi connectivity index (χ3n) is 4.30. The fourth-order valence-electron chi connectivity index (χ4n) is 3.25. The Morgan fingerprint density at radius 2 is 2.21 bits per heavy atom. The van der Waals surface area contributed by atoms with E-state index in [9.17, 15) is 0 Å². The number of nitrogens with zero attached hydrogens (tertiary/aromatic N) is 1. The van der Waals surface area contributed by atoms with Crippen LogP contribution in [0.1, 0.15) is 37.5 Å². The van der Waals surface area contributed by atoms with Crippen molar-refractivity contribution in [3.05, 3.63) is 35.6 Å². The molecule has 1 aromatic carbocycles. The van der Waals surface area contributed by atoms with Gasteiger partial charge in [0.05, 0.1) is 6.54 Å². The number of likely N-dealkylation sites (tertiary alicyclic amines) is 1. The van der Waals surface area contributed by atoms with E-state index in [2.05, 4.69) is 17.9 Å². The highest BCUT2D eigenvalue weighted by Crippen LogP contribution is 2.29. The SMILES string of the molecule is CCC1CCCN1Cc1oc2ccccc2c1CN. The monoisotopic (exact) mass is 258 g/mol. The molecule has 0 saturated carbocycles. The molecule has 1 saturated heterocycles. The van der Waals surface area contributed by atoms with E-state index in [4.69, 9.17) is 10.2 Å². The van der Waals surface area contributed by atoms with Crippen molar-refractivity contribution in [3.8, 4) is 0 Å². The fraction of sp³-hybridized carbons (Fsp3) is 0.500. The lowest BCUT2D eigenvalue weighted by atomic mass is 10.1. The van der Waals surface area contributed by atoms with Crippen molar-refractivity contribution in [3.63, 3.8) is 0 Å². The van der Waals surface area contributed by atoms with E-state index in [-0.39, 0.29) is 0 Å². The number of nitrogens with two attached hydrogens (primary N) is 1. The first-order chi connectivity index (χ1) is 9.33. The molecule has 2 N–H and O–H groups in total. The van der Waals surface area contributed by atoms with Crippen LogP contribution in [0.5, 0.6) is 0 Å². The summed E-state index contributed by atoms with van der Waals surface area (Å²) in [7, 11) is 0. The van der Waals surface area contributed by atoms with Gasteiger partial charge in [-0.1, -0.05) is 25.1 Å². The quantitative estimate of drug-likeness (QED) is 0.915. The summed E-state index contributed by atoms with van der Waals surface area (Å²) >= 11 is 0. The first kappa shape index (κ1) is 12.7. The summed E-state index contributed by atoms with van der Waals surface area (Å²) in [6, 6.07) is 8.90. The Morgan fingerprint density at radius 1 is 1.37 bits per heavy atom. The average Bonchev–Trinajstić information content (AvgIpc) is 3.02. The molecule has 3 rings (SSSR count). The van der Waals surface area contributed by atoms with E-state index in [1.54, 1.807) is 0 Å². The number of hydrogen-bond donors (Lipinski definition) is 1. The topological polar surface area (TPSA) is 42.4 Å². The van der Waals surface area contributed by atoms with Gasteiger partial charge in [-0.15, -0.1) is 0 Å². The van der Waals surface area contributed by atoms with Crippen molar-refractivity contribution < 1.29 is 4.42 Å². The number of furan rings is 1.